The molecule has 1 saturated heterocycles. The average Bonchev–Trinajstić information content (AvgIpc) is 2.90. The van der Waals surface area contributed by atoms with E-state index in [0.717, 1.165) is 24.4 Å². The molecule has 2 heterocycles. The van der Waals surface area contributed by atoms with Crippen molar-refractivity contribution in [2.45, 2.75) is 45.2 Å². The molecule has 100 valence electrons. The van der Waals surface area contributed by atoms with Crippen LogP contribution >= 0.6 is 11.6 Å². The molecule has 0 aromatic carbocycles. The molecule has 18 heavy (non-hydrogen) atoms. The lowest BCUT2D eigenvalue weighted by molar-refractivity contribution is -0.144. The number of aromatic nitrogens is 2. The summed E-state index contributed by atoms with van der Waals surface area (Å²) in [6.07, 6.45) is 1.89. The second-order valence-corrected chi connectivity index (χ2v) is 5.13. The van der Waals surface area contributed by atoms with E-state index in [1.165, 1.54) is 0 Å². The summed E-state index contributed by atoms with van der Waals surface area (Å²) in [6.45, 7) is 5.25. The number of rotatable bonds is 4. The van der Waals surface area contributed by atoms with Gasteiger partial charge >= 0.3 is 5.97 Å². The van der Waals surface area contributed by atoms with Crippen molar-refractivity contribution in [2.24, 2.45) is 0 Å². The lowest BCUT2D eigenvalue weighted by Crippen LogP contribution is -2.49. The number of aryl methyl sites for hydroxylation is 2. The van der Waals surface area contributed by atoms with Crippen molar-refractivity contribution in [3.63, 3.8) is 0 Å². The molecule has 5 nitrogen and oxygen atoms in total. The summed E-state index contributed by atoms with van der Waals surface area (Å²) in [5, 5.41) is 17.5. The Bertz CT molecular complexity index is 464. The Kier molecular flexibility index (Phi) is 3.64. The summed E-state index contributed by atoms with van der Waals surface area (Å²) in [7, 11) is 0. The van der Waals surface area contributed by atoms with E-state index in [9.17, 15) is 9.90 Å². The standard InChI is InChI=1S/C12H18ClN3O2/c1-3-16-9(10(13)8(2)15-16)7-12(11(17)18)5-4-6-14-12/h14H,3-7H2,1-2H3,(H,17,18). The Morgan fingerprint density at radius 1 is 1.67 bits per heavy atom. The van der Waals surface area contributed by atoms with Crippen LogP contribution in [0, 0.1) is 6.92 Å². The molecule has 6 heteroatoms. The Hall–Kier alpha value is -1.07. The zero-order chi connectivity index (χ0) is 13.3. The first-order chi connectivity index (χ1) is 8.50. The van der Waals surface area contributed by atoms with Crippen molar-refractivity contribution in [3.8, 4) is 0 Å². The van der Waals surface area contributed by atoms with E-state index in [2.05, 4.69) is 10.4 Å². The van der Waals surface area contributed by atoms with Crippen LogP contribution in [0.1, 0.15) is 31.2 Å². The lowest BCUT2D eigenvalue weighted by atomic mass is 9.91. The van der Waals surface area contributed by atoms with E-state index in [-0.39, 0.29) is 0 Å². The normalized spacial score (nSPS) is 23.5. The summed E-state index contributed by atoms with van der Waals surface area (Å²) in [6, 6.07) is 0. The molecular formula is C12H18ClN3O2. The van der Waals surface area contributed by atoms with E-state index in [1.54, 1.807) is 4.68 Å². The number of nitrogens with zero attached hydrogens (tertiary/aromatic N) is 2. The third kappa shape index (κ3) is 2.12. The van der Waals surface area contributed by atoms with Gasteiger partial charge in [0.1, 0.15) is 5.54 Å². The molecule has 1 aromatic rings. The van der Waals surface area contributed by atoms with Crippen molar-refractivity contribution >= 4 is 17.6 Å². The first-order valence-electron chi connectivity index (χ1n) is 6.20. The number of carboxylic acid groups (broad SMARTS) is 1. The van der Waals surface area contributed by atoms with Gasteiger partial charge in [-0.1, -0.05) is 11.6 Å². The summed E-state index contributed by atoms with van der Waals surface area (Å²) in [5.41, 5.74) is 0.684. The molecule has 2 N–H and O–H groups in total. The van der Waals surface area contributed by atoms with Gasteiger partial charge in [-0.3, -0.25) is 9.48 Å². The quantitative estimate of drug-likeness (QED) is 0.873. The maximum absolute atomic E-state index is 11.5. The van der Waals surface area contributed by atoms with Gasteiger partial charge in [0.05, 0.1) is 16.4 Å². The Morgan fingerprint density at radius 3 is 2.89 bits per heavy atom. The average molecular weight is 272 g/mol. The molecule has 0 saturated carbocycles. The molecule has 0 spiro atoms. The molecule has 1 aliphatic heterocycles. The summed E-state index contributed by atoms with van der Waals surface area (Å²) in [5.74, 6) is -0.808. The molecule has 0 radical (unpaired) electrons. The molecule has 1 aromatic heterocycles. The number of hydrogen-bond acceptors (Lipinski definition) is 3. The minimum Gasteiger partial charge on any atom is -0.480 e. The number of hydrogen-bond donors (Lipinski definition) is 2. The molecule has 1 fully saturated rings. The Balaban J connectivity index is 2.35. The largest absolute Gasteiger partial charge is 0.480 e. The highest BCUT2D eigenvalue weighted by molar-refractivity contribution is 6.31. The highest BCUT2D eigenvalue weighted by atomic mass is 35.5. The van der Waals surface area contributed by atoms with Crippen LogP contribution in [0.4, 0.5) is 0 Å². The minimum absolute atomic E-state index is 0.385. The maximum atomic E-state index is 11.5. The van der Waals surface area contributed by atoms with E-state index in [0.29, 0.717) is 24.4 Å². The predicted molar refractivity (Wildman–Crippen MR) is 69.0 cm³/mol. The smallest absolute Gasteiger partial charge is 0.324 e. The Morgan fingerprint density at radius 2 is 2.39 bits per heavy atom. The maximum Gasteiger partial charge on any atom is 0.324 e. The first kappa shape index (κ1) is 13.4. The van der Waals surface area contributed by atoms with Gasteiger partial charge in [-0.25, -0.2) is 0 Å². The lowest BCUT2D eigenvalue weighted by Gasteiger charge is -2.24. The van der Waals surface area contributed by atoms with Crippen LogP contribution in [0.5, 0.6) is 0 Å². The zero-order valence-electron chi connectivity index (χ0n) is 10.7. The third-order valence-corrected chi connectivity index (χ3v) is 4.07. The van der Waals surface area contributed by atoms with Crippen LogP contribution in [-0.4, -0.2) is 32.9 Å². The van der Waals surface area contributed by atoms with Crippen LogP contribution < -0.4 is 5.32 Å². The van der Waals surface area contributed by atoms with Crippen LogP contribution in [0.25, 0.3) is 0 Å². The van der Waals surface area contributed by atoms with Crippen LogP contribution in [0.3, 0.4) is 0 Å². The van der Waals surface area contributed by atoms with Gasteiger partial charge in [0.15, 0.2) is 0 Å². The second kappa shape index (κ2) is 4.90. The van der Waals surface area contributed by atoms with Crippen LogP contribution in [0.2, 0.25) is 5.02 Å². The monoisotopic (exact) mass is 271 g/mol. The van der Waals surface area contributed by atoms with Crippen molar-refractivity contribution < 1.29 is 9.90 Å². The fourth-order valence-electron chi connectivity index (χ4n) is 2.54. The van der Waals surface area contributed by atoms with Gasteiger partial charge in [0.2, 0.25) is 0 Å². The van der Waals surface area contributed by atoms with Gasteiger partial charge in [0.25, 0.3) is 0 Å². The van der Waals surface area contributed by atoms with E-state index in [1.807, 2.05) is 13.8 Å². The highest BCUT2D eigenvalue weighted by Crippen LogP contribution is 2.29. The number of carbonyl (C=O) groups is 1. The van der Waals surface area contributed by atoms with Crippen molar-refractivity contribution in [2.75, 3.05) is 6.54 Å². The minimum atomic E-state index is -0.886. The number of halogens is 1. The van der Waals surface area contributed by atoms with Gasteiger partial charge in [-0.2, -0.15) is 5.10 Å². The molecule has 0 amide bonds. The van der Waals surface area contributed by atoms with Crippen molar-refractivity contribution in [1.29, 1.82) is 0 Å². The van der Waals surface area contributed by atoms with Crippen LogP contribution in [0.15, 0.2) is 0 Å². The molecule has 1 atom stereocenters. The van der Waals surface area contributed by atoms with E-state index in [4.69, 9.17) is 11.6 Å². The third-order valence-electron chi connectivity index (χ3n) is 3.58. The number of carboxylic acids is 1. The molecule has 1 aliphatic rings. The van der Waals surface area contributed by atoms with Gasteiger partial charge in [0, 0.05) is 13.0 Å². The topological polar surface area (TPSA) is 67.2 Å². The van der Waals surface area contributed by atoms with Crippen molar-refractivity contribution in [3.05, 3.63) is 16.4 Å². The SMILES string of the molecule is CCn1nc(C)c(Cl)c1CC1(C(=O)O)CCCN1. The molecule has 0 aliphatic carbocycles. The summed E-state index contributed by atoms with van der Waals surface area (Å²) < 4.78 is 1.79. The summed E-state index contributed by atoms with van der Waals surface area (Å²) in [4.78, 5) is 11.5. The highest BCUT2D eigenvalue weighted by Gasteiger charge is 2.42. The molecule has 0 bridgehead atoms. The van der Waals surface area contributed by atoms with Gasteiger partial charge in [-0.05, 0) is 33.2 Å². The number of aliphatic carboxylic acids is 1. The first-order valence-corrected chi connectivity index (χ1v) is 6.58. The predicted octanol–water partition coefficient (Wildman–Crippen LogP) is 1.61. The van der Waals surface area contributed by atoms with E-state index >= 15 is 0 Å². The molecular weight excluding hydrogens is 254 g/mol. The van der Waals surface area contributed by atoms with Crippen LogP contribution in [-0.2, 0) is 17.8 Å². The molecule has 2 rings (SSSR count). The zero-order valence-corrected chi connectivity index (χ0v) is 11.4. The van der Waals surface area contributed by atoms with Crippen molar-refractivity contribution in [1.82, 2.24) is 15.1 Å². The Labute approximate surface area is 111 Å². The van der Waals surface area contributed by atoms with Gasteiger partial charge < -0.3 is 10.4 Å². The molecule has 1 unspecified atom stereocenters. The van der Waals surface area contributed by atoms with E-state index < -0.39 is 11.5 Å². The summed E-state index contributed by atoms with van der Waals surface area (Å²) >= 11 is 6.23. The number of nitrogens with one attached hydrogen (secondary N) is 1. The van der Waals surface area contributed by atoms with Gasteiger partial charge in [-0.15, -0.1) is 0 Å². The fourth-order valence-corrected chi connectivity index (χ4v) is 2.74. The second-order valence-electron chi connectivity index (χ2n) is 4.76. The fraction of sp³-hybridized carbons (Fsp3) is 0.667.